The van der Waals surface area contributed by atoms with Crippen LogP contribution in [0.1, 0.15) is 65.2 Å². The quantitative estimate of drug-likeness (QED) is 0.250. The predicted octanol–water partition coefficient (Wildman–Crippen LogP) is 4.89. The van der Waals surface area contributed by atoms with E-state index in [0.29, 0.717) is 23.1 Å². The number of ether oxygens (including phenoxy) is 3. The third kappa shape index (κ3) is 6.89. The zero-order valence-electron chi connectivity index (χ0n) is 21.4. The zero-order chi connectivity index (χ0) is 26.9. The molecule has 198 valence electrons. The summed E-state index contributed by atoms with van der Waals surface area (Å²) in [6.45, 7) is 9.81. The van der Waals surface area contributed by atoms with E-state index < -0.39 is 11.9 Å². The molecule has 1 aromatic carbocycles. The van der Waals surface area contributed by atoms with Crippen LogP contribution in [0, 0.1) is 6.92 Å². The number of esters is 2. The molecule has 1 N–H and O–H groups in total. The number of thioether (sulfide) groups is 1. The Morgan fingerprint density at radius 1 is 1.05 bits per heavy atom. The first-order chi connectivity index (χ1) is 17.8. The number of nitrogens with zero attached hydrogens (tertiary/aromatic N) is 3. The summed E-state index contributed by atoms with van der Waals surface area (Å²) in [5, 5.41) is 12.1. The number of hydrogen-bond acceptors (Lipinski definition) is 10. The smallest absolute Gasteiger partial charge is 0.348 e. The van der Waals surface area contributed by atoms with Crippen molar-refractivity contribution in [3.05, 3.63) is 52.2 Å². The van der Waals surface area contributed by atoms with E-state index in [9.17, 15) is 14.4 Å². The molecule has 0 fully saturated rings. The number of nitrogens with one attached hydrogen (secondary N) is 1. The van der Waals surface area contributed by atoms with Crippen molar-refractivity contribution in [2.24, 2.45) is 0 Å². The Morgan fingerprint density at radius 3 is 2.38 bits per heavy atom. The second-order valence-electron chi connectivity index (χ2n) is 7.70. The van der Waals surface area contributed by atoms with Gasteiger partial charge in [0, 0.05) is 6.54 Å². The van der Waals surface area contributed by atoms with Gasteiger partial charge in [0.15, 0.2) is 17.1 Å². The molecule has 12 heteroatoms. The van der Waals surface area contributed by atoms with Gasteiger partial charge in [-0.05, 0) is 52.3 Å². The maximum absolute atomic E-state index is 12.8. The van der Waals surface area contributed by atoms with Crippen LogP contribution in [0.25, 0.3) is 0 Å². The first-order valence-corrected chi connectivity index (χ1v) is 13.7. The topological polar surface area (TPSA) is 122 Å². The first-order valence-electron chi connectivity index (χ1n) is 11.9. The number of anilines is 1. The molecule has 3 aromatic rings. The highest BCUT2D eigenvalue weighted by Gasteiger charge is 2.27. The Labute approximate surface area is 223 Å². The van der Waals surface area contributed by atoms with E-state index in [1.165, 1.54) is 11.8 Å². The van der Waals surface area contributed by atoms with Crippen LogP contribution in [0.4, 0.5) is 5.00 Å². The molecule has 3 rings (SSSR count). The van der Waals surface area contributed by atoms with Gasteiger partial charge in [0.05, 0.1) is 24.5 Å². The van der Waals surface area contributed by atoms with E-state index in [0.717, 1.165) is 17.1 Å². The van der Waals surface area contributed by atoms with Crippen LogP contribution in [0.5, 0.6) is 5.75 Å². The summed E-state index contributed by atoms with van der Waals surface area (Å²) in [6, 6.07) is 9.44. The van der Waals surface area contributed by atoms with Crippen molar-refractivity contribution < 1.29 is 28.6 Å². The fourth-order valence-corrected chi connectivity index (χ4v) is 5.41. The predicted molar refractivity (Wildman–Crippen MR) is 142 cm³/mol. The molecule has 1 unspecified atom stereocenters. The molecule has 0 aliphatic heterocycles. The van der Waals surface area contributed by atoms with E-state index in [4.69, 9.17) is 14.2 Å². The molecule has 37 heavy (non-hydrogen) atoms. The van der Waals surface area contributed by atoms with Gasteiger partial charge in [-0.15, -0.1) is 21.5 Å². The first kappa shape index (κ1) is 28.2. The van der Waals surface area contributed by atoms with Crippen LogP contribution in [0.15, 0.2) is 35.5 Å². The lowest BCUT2D eigenvalue weighted by atomic mass is 10.1. The summed E-state index contributed by atoms with van der Waals surface area (Å²) in [6.07, 6.45) is -0.347. The highest BCUT2D eigenvalue weighted by atomic mass is 32.2. The summed E-state index contributed by atoms with van der Waals surface area (Å²) >= 11 is 2.20. The molecule has 1 amide bonds. The fraction of sp³-hybridized carbons (Fsp3) is 0.400. The van der Waals surface area contributed by atoms with Gasteiger partial charge in [-0.3, -0.25) is 4.79 Å². The lowest BCUT2D eigenvalue weighted by molar-refractivity contribution is -0.113. The summed E-state index contributed by atoms with van der Waals surface area (Å²) in [4.78, 5) is 38.0. The van der Waals surface area contributed by atoms with E-state index in [1.54, 1.807) is 20.8 Å². The second-order valence-corrected chi connectivity index (χ2v) is 9.66. The van der Waals surface area contributed by atoms with Crippen molar-refractivity contribution in [1.82, 2.24) is 14.8 Å². The standard InChI is InChI=1S/C25H30N4O6S2/c1-6-29-21(16(5)35-17-12-10-9-11-13-17)27-28-25(29)36-14-18(30)26-22-19(23(31)33-7-2)15(4)20(37-22)24(32)34-8-3/h9-13,16H,6-8,14H2,1-5H3,(H,26,30). The summed E-state index contributed by atoms with van der Waals surface area (Å²) < 4.78 is 18.1. The molecule has 0 aliphatic carbocycles. The Balaban J connectivity index is 1.72. The van der Waals surface area contributed by atoms with Crippen molar-refractivity contribution in [1.29, 1.82) is 0 Å². The van der Waals surface area contributed by atoms with Crippen molar-refractivity contribution in [3.8, 4) is 5.75 Å². The number of thiophene rings is 1. The lowest BCUT2D eigenvalue weighted by Gasteiger charge is -2.15. The number of carbonyl (C=O) groups excluding carboxylic acids is 3. The Hall–Kier alpha value is -3.38. The highest BCUT2D eigenvalue weighted by Crippen LogP contribution is 2.34. The maximum Gasteiger partial charge on any atom is 0.348 e. The Morgan fingerprint density at radius 2 is 1.73 bits per heavy atom. The molecule has 0 aliphatic rings. The molecule has 0 saturated heterocycles. The fourth-order valence-electron chi connectivity index (χ4n) is 3.50. The van der Waals surface area contributed by atoms with Gasteiger partial charge in [0.25, 0.3) is 0 Å². The van der Waals surface area contributed by atoms with Crippen LogP contribution in [-0.4, -0.2) is 51.6 Å². The minimum Gasteiger partial charge on any atom is -0.483 e. The largest absolute Gasteiger partial charge is 0.483 e. The van der Waals surface area contributed by atoms with Gasteiger partial charge in [0.1, 0.15) is 15.6 Å². The molecule has 1 atom stereocenters. The molecule has 0 saturated carbocycles. The number of aromatic nitrogens is 3. The number of rotatable bonds is 12. The Bertz CT molecular complexity index is 1240. The van der Waals surface area contributed by atoms with Gasteiger partial charge in [-0.1, -0.05) is 30.0 Å². The van der Waals surface area contributed by atoms with E-state index in [2.05, 4.69) is 15.5 Å². The monoisotopic (exact) mass is 546 g/mol. The lowest BCUT2D eigenvalue weighted by Crippen LogP contribution is -2.17. The normalized spacial score (nSPS) is 11.6. The summed E-state index contributed by atoms with van der Waals surface area (Å²) in [7, 11) is 0. The SMILES string of the molecule is CCOC(=O)c1sc(NC(=O)CSc2nnc(C(C)Oc3ccccc3)n2CC)c(C(=O)OCC)c1C. The van der Waals surface area contributed by atoms with Gasteiger partial charge in [0.2, 0.25) is 5.91 Å². The average Bonchev–Trinajstić information content (AvgIpc) is 3.44. The summed E-state index contributed by atoms with van der Waals surface area (Å²) in [5.74, 6) is -0.154. The molecule has 2 aromatic heterocycles. The third-order valence-corrected chi connectivity index (χ3v) is 7.31. The number of para-hydroxylation sites is 1. The van der Waals surface area contributed by atoms with Crippen LogP contribution >= 0.6 is 23.1 Å². The Kier molecular flexibility index (Phi) is 10.1. The number of hydrogen-bond donors (Lipinski definition) is 1. The zero-order valence-corrected chi connectivity index (χ0v) is 23.0. The van der Waals surface area contributed by atoms with Gasteiger partial charge in [-0.2, -0.15) is 0 Å². The molecule has 0 bridgehead atoms. The van der Waals surface area contributed by atoms with Gasteiger partial charge >= 0.3 is 11.9 Å². The highest BCUT2D eigenvalue weighted by molar-refractivity contribution is 7.99. The molecular weight excluding hydrogens is 516 g/mol. The molecule has 2 heterocycles. The van der Waals surface area contributed by atoms with E-state index in [1.807, 2.05) is 48.7 Å². The number of benzene rings is 1. The number of carbonyl (C=O) groups is 3. The van der Waals surface area contributed by atoms with Gasteiger partial charge < -0.3 is 24.1 Å². The molecule has 10 nitrogen and oxygen atoms in total. The molecular formula is C25H30N4O6S2. The van der Waals surface area contributed by atoms with Crippen LogP contribution in [-0.2, 0) is 20.8 Å². The minimum absolute atomic E-state index is 0.0139. The maximum atomic E-state index is 12.8. The van der Waals surface area contributed by atoms with E-state index >= 15 is 0 Å². The molecule has 0 spiro atoms. The van der Waals surface area contributed by atoms with Crippen LogP contribution in [0.2, 0.25) is 0 Å². The van der Waals surface area contributed by atoms with Gasteiger partial charge in [-0.25, -0.2) is 9.59 Å². The second kappa shape index (κ2) is 13.2. The number of amides is 1. The van der Waals surface area contributed by atoms with Crippen LogP contribution < -0.4 is 10.1 Å². The van der Waals surface area contributed by atoms with Crippen molar-refractivity contribution in [3.63, 3.8) is 0 Å². The van der Waals surface area contributed by atoms with Crippen molar-refractivity contribution in [2.75, 3.05) is 24.3 Å². The van der Waals surface area contributed by atoms with Crippen LogP contribution in [0.3, 0.4) is 0 Å². The molecule has 0 radical (unpaired) electrons. The van der Waals surface area contributed by atoms with Crippen molar-refractivity contribution in [2.45, 2.75) is 52.4 Å². The summed E-state index contributed by atoms with van der Waals surface area (Å²) in [5.41, 5.74) is 0.562. The minimum atomic E-state index is -0.613. The average molecular weight is 547 g/mol. The van der Waals surface area contributed by atoms with Crippen molar-refractivity contribution >= 4 is 45.9 Å². The van der Waals surface area contributed by atoms with E-state index in [-0.39, 0.29) is 46.4 Å². The third-order valence-electron chi connectivity index (χ3n) is 5.15.